The van der Waals surface area contributed by atoms with Gasteiger partial charge in [0, 0.05) is 20.1 Å². The van der Waals surface area contributed by atoms with Gasteiger partial charge in [0.1, 0.15) is 6.04 Å². The van der Waals surface area contributed by atoms with Crippen LogP contribution in [0.5, 0.6) is 0 Å². The zero-order chi connectivity index (χ0) is 22.3. The normalized spacial score (nSPS) is 17.1. The van der Waals surface area contributed by atoms with Crippen molar-refractivity contribution < 1.29 is 23.9 Å². The van der Waals surface area contributed by atoms with Crippen LogP contribution >= 0.6 is 11.6 Å². The van der Waals surface area contributed by atoms with Gasteiger partial charge in [0.15, 0.2) is 0 Å². The lowest BCUT2D eigenvalue weighted by atomic mass is 9.98. The Morgan fingerprint density at radius 2 is 2.00 bits per heavy atom. The third-order valence-corrected chi connectivity index (χ3v) is 5.31. The molecule has 1 fully saturated rings. The lowest BCUT2D eigenvalue weighted by molar-refractivity contribution is -0.152. The average Bonchev–Trinajstić information content (AvgIpc) is 2.73. The number of carbonyl (C=O) groups is 4. The Balaban J connectivity index is 1.89. The van der Waals surface area contributed by atoms with E-state index in [4.69, 9.17) is 16.3 Å². The smallest absolute Gasteiger partial charge is 0.310 e. The van der Waals surface area contributed by atoms with Crippen molar-refractivity contribution in [2.24, 2.45) is 5.92 Å². The van der Waals surface area contributed by atoms with Gasteiger partial charge < -0.3 is 19.9 Å². The van der Waals surface area contributed by atoms with Crippen molar-refractivity contribution in [3.05, 3.63) is 34.9 Å². The molecular formula is C21H28ClN3O5. The van der Waals surface area contributed by atoms with Crippen LogP contribution in [-0.2, 0) is 19.1 Å². The average molecular weight is 438 g/mol. The second kappa shape index (κ2) is 11.0. The van der Waals surface area contributed by atoms with E-state index in [0.717, 1.165) is 0 Å². The number of likely N-dealkylation sites (tertiary alicyclic amines) is 1. The molecule has 1 heterocycles. The molecular weight excluding hydrogens is 410 g/mol. The summed E-state index contributed by atoms with van der Waals surface area (Å²) in [5, 5.41) is 2.90. The van der Waals surface area contributed by atoms with Gasteiger partial charge >= 0.3 is 5.97 Å². The Labute approximate surface area is 181 Å². The first kappa shape index (κ1) is 23.7. The molecule has 1 aromatic carbocycles. The number of rotatable bonds is 7. The number of likely N-dealkylation sites (N-methyl/N-ethyl adjacent to an activating group) is 1. The van der Waals surface area contributed by atoms with Gasteiger partial charge in [-0.15, -0.1) is 0 Å². The van der Waals surface area contributed by atoms with Gasteiger partial charge in [0.25, 0.3) is 5.91 Å². The molecule has 2 rings (SSSR count). The van der Waals surface area contributed by atoms with Gasteiger partial charge in [0.05, 0.1) is 29.7 Å². The van der Waals surface area contributed by atoms with Crippen LogP contribution in [0.3, 0.4) is 0 Å². The third-order valence-electron chi connectivity index (χ3n) is 4.98. The summed E-state index contributed by atoms with van der Waals surface area (Å²) in [7, 11) is 1.51. The van der Waals surface area contributed by atoms with E-state index in [2.05, 4.69) is 5.32 Å². The number of esters is 1. The molecule has 3 amide bonds. The molecule has 164 valence electrons. The Kier molecular flexibility index (Phi) is 8.65. The van der Waals surface area contributed by atoms with E-state index in [1.807, 2.05) is 0 Å². The molecule has 30 heavy (non-hydrogen) atoms. The first-order chi connectivity index (χ1) is 14.2. The Morgan fingerprint density at radius 3 is 2.67 bits per heavy atom. The SMILES string of the molecule is CCOC(=O)C1CCCN(C(=O)CN(C)C(=O)C(C)NC(=O)c2ccccc2Cl)C1. The maximum absolute atomic E-state index is 12.6. The molecule has 0 aromatic heterocycles. The van der Waals surface area contributed by atoms with E-state index in [9.17, 15) is 19.2 Å². The standard InChI is InChI=1S/C21H28ClN3O5/c1-4-30-21(29)15-8-7-11-25(12-15)18(26)13-24(3)20(28)14(2)23-19(27)16-9-5-6-10-17(16)22/h5-6,9-10,14-15H,4,7-8,11-13H2,1-3H3,(H,23,27). The zero-order valence-corrected chi connectivity index (χ0v) is 18.3. The highest BCUT2D eigenvalue weighted by molar-refractivity contribution is 6.33. The van der Waals surface area contributed by atoms with E-state index < -0.39 is 17.9 Å². The number of nitrogens with zero attached hydrogens (tertiary/aromatic N) is 2. The summed E-state index contributed by atoms with van der Waals surface area (Å²) < 4.78 is 5.05. The van der Waals surface area contributed by atoms with Gasteiger partial charge in [-0.1, -0.05) is 23.7 Å². The summed E-state index contributed by atoms with van der Waals surface area (Å²) in [6, 6.07) is 5.72. The summed E-state index contributed by atoms with van der Waals surface area (Å²) in [5.74, 6) is -1.74. The highest BCUT2D eigenvalue weighted by atomic mass is 35.5. The van der Waals surface area contributed by atoms with E-state index in [-0.39, 0.29) is 29.9 Å². The van der Waals surface area contributed by atoms with E-state index in [1.54, 1.807) is 43.0 Å². The van der Waals surface area contributed by atoms with E-state index in [1.165, 1.54) is 11.9 Å². The molecule has 0 radical (unpaired) electrons. The summed E-state index contributed by atoms with van der Waals surface area (Å²) in [5.41, 5.74) is 0.274. The zero-order valence-electron chi connectivity index (χ0n) is 17.5. The van der Waals surface area contributed by atoms with Gasteiger partial charge in [0.2, 0.25) is 11.8 Å². The maximum Gasteiger partial charge on any atom is 0.310 e. The molecule has 1 N–H and O–H groups in total. The largest absolute Gasteiger partial charge is 0.466 e. The molecule has 0 spiro atoms. The number of ether oxygens (including phenoxy) is 1. The highest BCUT2D eigenvalue weighted by Crippen LogP contribution is 2.18. The number of amides is 3. The number of piperidine rings is 1. The van der Waals surface area contributed by atoms with Crippen LogP contribution in [-0.4, -0.2) is 72.8 Å². The fraction of sp³-hybridized carbons (Fsp3) is 0.524. The molecule has 0 bridgehead atoms. The first-order valence-corrected chi connectivity index (χ1v) is 10.4. The Morgan fingerprint density at radius 1 is 1.30 bits per heavy atom. The van der Waals surface area contributed by atoms with E-state index in [0.29, 0.717) is 37.6 Å². The van der Waals surface area contributed by atoms with Crippen LogP contribution in [0.1, 0.15) is 37.0 Å². The third kappa shape index (κ3) is 6.19. The number of hydrogen-bond acceptors (Lipinski definition) is 5. The second-order valence-corrected chi connectivity index (χ2v) is 7.71. The predicted molar refractivity (Wildman–Crippen MR) is 112 cm³/mol. The van der Waals surface area contributed by atoms with Crippen LogP contribution in [0.25, 0.3) is 0 Å². The molecule has 2 unspecified atom stereocenters. The lowest BCUT2D eigenvalue weighted by Crippen LogP contribution is -2.50. The summed E-state index contributed by atoms with van der Waals surface area (Å²) in [4.78, 5) is 52.4. The molecule has 0 aliphatic carbocycles. The summed E-state index contributed by atoms with van der Waals surface area (Å²) >= 11 is 6.01. The molecule has 1 saturated heterocycles. The van der Waals surface area contributed by atoms with Crippen molar-refractivity contribution in [1.29, 1.82) is 0 Å². The lowest BCUT2D eigenvalue weighted by Gasteiger charge is -2.33. The molecule has 8 nitrogen and oxygen atoms in total. The first-order valence-electron chi connectivity index (χ1n) is 9.99. The molecule has 9 heteroatoms. The summed E-state index contributed by atoms with van der Waals surface area (Å²) in [6.07, 6.45) is 1.39. The van der Waals surface area contributed by atoms with Crippen molar-refractivity contribution in [2.75, 3.05) is 33.3 Å². The number of hydrogen-bond donors (Lipinski definition) is 1. The molecule has 1 aliphatic rings. The predicted octanol–water partition coefficient (Wildman–Crippen LogP) is 1.72. The number of nitrogens with one attached hydrogen (secondary N) is 1. The Bertz CT molecular complexity index is 801. The molecule has 1 aliphatic heterocycles. The Hall–Kier alpha value is -2.61. The van der Waals surface area contributed by atoms with E-state index >= 15 is 0 Å². The van der Waals surface area contributed by atoms with Crippen molar-refractivity contribution >= 4 is 35.3 Å². The fourth-order valence-electron chi connectivity index (χ4n) is 3.35. The molecule has 2 atom stereocenters. The molecule has 0 saturated carbocycles. The molecule has 1 aromatic rings. The number of halogens is 1. The van der Waals surface area contributed by atoms with Crippen molar-refractivity contribution in [1.82, 2.24) is 15.1 Å². The minimum atomic E-state index is -0.833. The van der Waals surface area contributed by atoms with Crippen LogP contribution in [0.4, 0.5) is 0 Å². The number of carbonyl (C=O) groups excluding carboxylic acids is 4. The highest BCUT2D eigenvalue weighted by Gasteiger charge is 2.30. The van der Waals surface area contributed by atoms with Crippen LogP contribution < -0.4 is 5.32 Å². The van der Waals surface area contributed by atoms with Crippen molar-refractivity contribution in [3.63, 3.8) is 0 Å². The van der Waals surface area contributed by atoms with Gasteiger partial charge in [-0.3, -0.25) is 19.2 Å². The maximum atomic E-state index is 12.6. The van der Waals surface area contributed by atoms with Crippen molar-refractivity contribution in [2.45, 2.75) is 32.7 Å². The fourth-order valence-corrected chi connectivity index (χ4v) is 3.57. The topological polar surface area (TPSA) is 96.0 Å². The summed E-state index contributed by atoms with van der Waals surface area (Å²) in [6.45, 7) is 4.29. The van der Waals surface area contributed by atoms with Gasteiger partial charge in [-0.05, 0) is 38.8 Å². The minimum absolute atomic E-state index is 0.138. The van der Waals surface area contributed by atoms with Crippen LogP contribution in [0, 0.1) is 5.92 Å². The minimum Gasteiger partial charge on any atom is -0.466 e. The van der Waals surface area contributed by atoms with Crippen LogP contribution in [0.15, 0.2) is 24.3 Å². The van der Waals surface area contributed by atoms with Gasteiger partial charge in [-0.25, -0.2) is 0 Å². The van der Waals surface area contributed by atoms with Crippen molar-refractivity contribution in [3.8, 4) is 0 Å². The quantitative estimate of drug-likeness (QED) is 0.655. The van der Waals surface area contributed by atoms with Crippen LogP contribution in [0.2, 0.25) is 5.02 Å². The van der Waals surface area contributed by atoms with Gasteiger partial charge in [-0.2, -0.15) is 0 Å². The second-order valence-electron chi connectivity index (χ2n) is 7.30. The number of benzene rings is 1. The monoisotopic (exact) mass is 437 g/mol.